The average molecular weight is 392 g/mol. The predicted molar refractivity (Wildman–Crippen MR) is 107 cm³/mol. The number of amides is 2. The van der Waals surface area contributed by atoms with Crippen LogP contribution in [0.5, 0.6) is 17.2 Å². The summed E-state index contributed by atoms with van der Waals surface area (Å²) in [5.74, 6) is 1.58. The second kappa shape index (κ2) is 10.2. The van der Waals surface area contributed by atoms with E-state index in [0.717, 1.165) is 0 Å². The second-order valence-electron chi connectivity index (χ2n) is 6.90. The van der Waals surface area contributed by atoms with Crippen molar-refractivity contribution >= 4 is 11.8 Å². The number of carbonyl (C=O) groups is 2. The van der Waals surface area contributed by atoms with Crippen LogP contribution in [0, 0.1) is 5.92 Å². The Hall–Kier alpha value is -2.44. The molecule has 0 unspecified atom stereocenters. The van der Waals surface area contributed by atoms with Gasteiger partial charge in [0.1, 0.15) is 0 Å². The minimum Gasteiger partial charge on any atom is -0.490 e. The maximum Gasteiger partial charge on any atom is 0.254 e. The van der Waals surface area contributed by atoms with Crippen LogP contribution in [0.4, 0.5) is 0 Å². The Kier molecular flexibility index (Phi) is 7.96. The monoisotopic (exact) mass is 392 g/mol. The summed E-state index contributed by atoms with van der Waals surface area (Å²) in [6.45, 7) is 8.18. The lowest BCUT2D eigenvalue weighted by Crippen LogP contribution is -2.42. The second-order valence-corrected chi connectivity index (χ2v) is 6.90. The highest BCUT2D eigenvalue weighted by Gasteiger charge is 2.29. The maximum absolute atomic E-state index is 13.1. The lowest BCUT2D eigenvalue weighted by Gasteiger charge is -2.32. The van der Waals surface area contributed by atoms with Gasteiger partial charge >= 0.3 is 0 Å². The van der Waals surface area contributed by atoms with Gasteiger partial charge in [-0.2, -0.15) is 0 Å². The van der Waals surface area contributed by atoms with Crippen molar-refractivity contribution in [1.29, 1.82) is 0 Å². The number of benzene rings is 1. The van der Waals surface area contributed by atoms with Gasteiger partial charge in [0.15, 0.2) is 11.5 Å². The fraction of sp³-hybridized carbons (Fsp3) is 0.619. The molecule has 0 N–H and O–H groups in total. The van der Waals surface area contributed by atoms with E-state index in [1.807, 2.05) is 20.8 Å². The summed E-state index contributed by atoms with van der Waals surface area (Å²) >= 11 is 0. The first-order valence-electron chi connectivity index (χ1n) is 9.99. The Morgan fingerprint density at radius 3 is 1.89 bits per heavy atom. The van der Waals surface area contributed by atoms with E-state index < -0.39 is 0 Å². The van der Waals surface area contributed by atoms with E-state index in [1.54, 1.807) is 36.0 Å². The number of piperidine rings is 1. The molecule has 0 saturated carbocycles. The fourth-order valence-electron chi connectivity index (χ4n) is 3.39. The molecule has 156 valence electrons. The zero-order valence-corrected chi connectivity index (χ0v) is 17.6. The van der Waals surface area contributed by atoms with E-state index in [1.165, 1.54) is 0 Å². The number of hydrogen-bond acceptors (Lipinski definition) is 5. The molecule has 7 heteroatoms. The topological polar surface area (TPSA) is 68.3 Å². The molecule has 1 aliphatic rings. The Morgan fingerprint density at radius 2 is 1.46 bits per heavy atom. The molecule has 0 aromatic heterocycles. The molecular weight excluding hydrogens is 360 g/mol. The smallest absolute Gasteiger partial charge is 0.254 e. The van der Waals surface area contributed by atoms with E-state index in [-0.39, 0.29) is 17.7 Å². The molecule has 0 spiro atoms. The molecule has 0 aliphatic carbocycles. The summed E-state index contributed by atoms with van der Waals surface area (Å²) in [6, 6.07) is 3.44. The Morgan fingerprint density at radius 1 is 0.964 bits per heavy atom. The third kappa shape index (κ3) is 5.09. The Bertz CT molecular complexity index is 654. The molecule has 28 heavy (non-hydrogen) atoms. The molecule has 1 fully saturated rings. The van der Waals surface area contributed by atoms with Gasteiger partial charge in [0.2, 0.25) is 11.7 Å². The van der Waals surface area contributed by atoms with Gasteiger partial charge < -0.3 is 24.0 Å². The third-order valence-electron chi connectivity index (χ3n) is 4.73. The minimum atomic E-state index is -0.0827. The van der Waals surface area contributed by atoms with E-state index in [2.05, 4.69) is 0 Å². The van der Waals surface area contributed by atoms with Crippen molar-refractivity contribution < 1.29 is 23.8 Å². The van der Waals surface area contributed by atoms with Crippen LogP contribution in [0.1, 0.15) is 44.0 Å². The highest BCUT2D eigenvalue weighted by molar-refractivity contribution is 5.96. The first kappa shape index (κ1) is 21.9. The average Bonchev–Trinajstić information content (AvgIpc) is 2.69. The lowest BCUT2D eigenvalue weighted by atomic mass is 9.95. The normalized spacial score (nSPS) is 14.5. The number of ether oxygens (including phenoxy) is 3. The highest BCUT2D eigenvalue weighted by Crippen LogP contribution is 2.39. The van der Waals surface area contributed by atoms with Crippen LogP contribution in [-0.4, -0.2) is 68.6 Å². The summed E-state index contributed by atoms with van der Waals surface area (Å²) in [5.41, 5.74) is 0.507. The van der Waals surface area contributed by atoms with Gasteiger partial charge in [-0.1, -0.05) is 0 Å². The van der Waals surface area contributed by atoms with Gasteiger partial charge in [-0.05, 0) is 45.7 Å². The SMILES string of the molecule is CCOc1cc(C(=O)N2CCC(C(=O)N(C)C)CC2)cc(OCC)c1OCC. The first-order chi connectivity index (χ1) is 13.4. The molecule has 1 aromatic carbocycles. The van der Waals surface area contributed by atoms with Crippen molar-refractivity contribution in [2.24, 2.45) is 5.92 Å². The van der Waals surface area contributed by atoms with Crippen LogP contribution < -0.4 is 14.2 Å². The van der Waals surface area contributed by atoms with Crippen molar-refractivity contribution in [3.63, 3.8) is 0 Å². The van der Waals surface area contributed by atoms with Crippen molar-refractivity contribution in [2.75, 3.05) is 47.0 Å². The molecule has 0 atom stereocenters. The zero-order chi connectivity index (χ0) is 20.7. The predicted octanol–water partition coefficient (Wildman–Crippen LogP) is 2.82. The molecule has 1 aromatic rings. The van der Waals surface area contributed by atoms with Crippen molar-refractivity contribution in [1.82, 2.24) is 9.80 Å². The third-order valence-corrected chi connectivity index (χ3v) is 4.73. The molecule has 0 bridgehead atoms. The molecule has 2 rings (SSSR count). The molecule has 1 saturated heterocycles. The lowest BCUT2D eigenvalue weighted by molar-refractivity contribution is -0.134. The van der Waals surface area contributed by atoms with Crippen LogP contribution in [0.3, 0.4) is 0 Å². The standard InChI is InChI=1S/C21H32N2O5/c1-6-26-17-13-16(14-18(27-7-2)19(17)28-8-3)21(25)23-11-9-15(10-12-23)20(24)22(4)5/h13-15H,6-12H2,1-5H3. The van der Waals surface area contributed by atoms with Gasteiger partial charge in [0, 0.05) is 38.7 Å². The van der Waals surface area contributed by atoms with Crippen molar-refractivity contribution in [3.8, 4) is 17.2 Å². The molecular formula is C21H32N2O5. The van der Waals surface area contributed by atoms with E-state index in [9.17, 15) is 9.59 Å². The summed E-state index contributed by atoms with van der Waals surface area (Å²) in [5, 5.41) is 0. The van der Waals surface area contributed by atoms with Gasteiger partial charge in [0.25, 0.3) is 5.91 Å². The van der Waals surface area contributed by atoms with E-state index in [0.29, 0.717) is 68.6 Å². The molecule has 2 amide bonds. The van der Waals surface area contributed by atoms with Crippen molar-refractivity contribution in [3.05, 3.63) is 17.7 Å². The fourth-order valence-corrected chi connectivity index (χ4v) is 3.39. The Labute approximate surface area is 167 Å². The van der Waals surface area contributed by atoms with Crippen LogP contribution >= 0.6 is 0 Å². The number of rotatable bonds is 8. The molecule has 1 aliphatic heterocycles. The first-order valence-corrected chi connectivity index (χ1v) is 9.99. The summed E-state index contributed by atoms with van der Waals surface area (Å²) in [4.78, 5) is 28.6. The van der Waals surface area contributed by atoms with Gasteiger partial charge in [-0.3, -0.25) is 9.59 Å². The number of hydrogen-bond donors (Lipinski definition) is 0. The summed E-state index contributed by atoms with van der Waals surface area (Å²) < 4.78 is 17.1. The van der Waals surface area contributed by atoms with Gasteiger partial charge in [-0.15, -0.1) is 0 Å². The van der Waals surface area contributed by atoms with Crippen LogP contribution in [0.15, 0.2) is 12.1 Å². The molecule has 7 nitrogen and oxygen atoms in total. The summed E-state index contributed by atoms with van der Waals surface area (Å²) in [7, 11) is 3.54. The van der Waals surface area contributed by atoms with Gasteiger partial charge in [-0.25, -0.2) is 0 Å². The Balaban J connectivity index is 2.22. The maximum atomic E-state index is 13.1. The van der Waals surface area contributed by atoms with Crippen molar-refractivity contribution in [2.45, 2.75) is 33.6 Å². The van der Waals surface area contributed by atoms with Crippen LogP contribution in [0.25, 0.3) is 0 Å². The minimum absolute atomic E-state index is 0.0163. The number of carbonyl (C=O) groups excluding carboxylic acids is 2. The van der Waals surface area contributed by atoms with Crippen LogP contribution in [0.2, 0.25) is 0 Å². The largest absolute Gasteiger partial charge is 0.490 e. The van der Waals surface area contributed by atoms with E-state index >= 15 is 0 Å². The van der Waals surface area contributed by atoms with Gasteiger partial charge in [0.05, 0.1) is 19.8 Å². The quantitative estimate of drug-likeness (QED) is 0.680. The molecule has 1 heterocycles. The molecule has 0 radical (unpaired) electrons. The number of nitrogens with zero attached hydrogens (tertiary/aromatic N) is 2. The highest BCUT2D eigenvalue weighted by atomic mass is 16.5. The number of likely N-dealkylation sites (tertiary alicyclic amines) is 1. The summed E-state index contributed by atoms with van der Waals surface area (Å²) in [6.07, 6.45) is 1.35. The van der Waals surface area contributed by atoms with Crippen LogP contribution in [-0.2, 0) is 4.79 Å². The van der Waals surface area contributed by atoms with E-state index in [4.69, 9.17) is 14.2 Å². The zero-order valence-electron chi connectivity index (χ0n) is 17.6.